The number of nitrogens with zero attached hydrogens (tertiary/aromatic N) is 3. The second-order valence-corrected chi connectivity index (χ2v) is 7.10. The Morgan fingerprint density at radius 1 is 1.20 bits per heavy atom. The summed E-state index contributed by atoms with van der Waals surface area (Å²) in [5, 5.41) is 12.4. The van der Waals surface area contributed by atoms with Crippen molar-refractivity contribution >= 4 is 16.7 Å². The Labute approximate surface area is 171 Å². The summed E-state index contributed by atoms with van der Waals surface area (Å²) >= 11 is 0. The van der Waals surface area contributed by atoms with Crippen LogP contribution in [0.3, 0.4) is 0 Å². The predicted octanol–water partition coefficient (Wildman–Crippen LogP) is 3.49. The molecule has 7 nitrogen and oxygen atoms in total. The molecule has 0 unspecified atom stereocenters. The standard InChI is InChI=1S/C21H19F2N5O2/c22-15-2-3-16(25)14(10-24)20(15)30-13-1-4-17-18(9-13)28-19(11-27-17)29-12-21(23)5-7-26-8-6-21/h1-4,9,11,26H,5-8,12,25H2. The average molecular weight is 411 g/mol. The molecular formula is C21H19F2N5O2. The van der Waals surface area contributed by atoms with E-state index in [1.807, 2.05) is 6.07 Å². The van der Waals surface area contributed by atoms with Crippen LogP contribution in [0.4, 0.5) is 14.5 Å². The molecule has 4 rings (SSSR count). The molecular weight excluding hydrogens is 392 g/mol. The molecule has 1 fully saturated rings. The maximum Gasteiger partial charge on any atom is 0.233 e. The number of nitrogens with one attached hydrogen (secondary N) is 1. The zero-order valence-corrected chi connectivity index (χ0v) is 16.0. The zero-order valence-electron chi connectivity index (χ0n) is 16.0. The van der Waals surface area contributed by atoms with Crippen LogP contribution in [0.15, 0.2) is 36.5 Å². The van der Waals surface area contributed by atoms with Gasteiger partial charge in [0.25, 0.3) is 0 Å². The van der Waals surface area contributed by atoms with Crippen LogP contribution in [-0.4, -0.2) is 35.3 Å². The summed E-state index contributed by atoms with van der Waals surface area (Å²) in [6.07, 6.45) is 2.18. The van der Waals surface area contributed by atoms with E-state index in [4.69, 9.17) is 15.2 Å². The van der Waals surface area contributed by atoms with E-state index < -0.39 is 11.5 Å². The number of nitriles is 1. The van der Waals surface area contributed by atoms with Gasteiger partial charge < -0.3 is 20.5 Å². The van der Waals surface area contributed by atoms with E-state index in [9.17, 15) is 14.0 Å². The number of alkyl halides is 1. The number of fused-ring (bicyclic) bond motifs is 1. The van der Waals surface area contributed by atoms with E-state index in [-0.39, 0.29) is 35.2 Å². The monoisotopic (exact) mass is 411 g/mol. The van der Waals surface area contributed by atoms with Gasteiger partial charge >= 0.3 is 0 Å². The van der Waals surface area contributed by atoms with Crippen molar-refractivity contribution in [1.29, 1.82) is 5.26 Å². The summed E-state index contributed by atoms with van der Waals surface area (Å²) in [6, 6.07) is 9.03. The van der Waals surface area contributed by atoms with Gasteiger partial charge in [0, 0.05) is 6.07 Å². The first kappa shape index (κ1) is 19.8. The van der Waals surface area contributed by atoms with Crippen molar-refractivity contribution < 1.29 is 18.3 Å². The van der Waals surface area contributed by atoms with Gasteiger partial charge in [0.05, 0.1) is 22.9 Å². The van der Waals surface area contributed by atoms with Crippen molar-refractivity contribution in [3.8, 4) is 23.4 Å². The molecule has 0 spiro atoms. The lowest BCUT2D eigenvalue weighted by molar-refractivity contribution is 0.0519. The number of hydrogen-bond donors (Lipinski definition) is 2. The highest BCUT2D eigenvalue weighted by Crippen LogP contribution is 2.33. The molecule has 1 aliphatic heterocycles. The lowest BCUT2D eigenvalue weighted by atomic mass is 9.96. The third-order valence-corrected chi connectivity index (χ3v) is 4.94. The average Bonchev–Trinajstić information content (AvgIpc) is 2.75. The van der Waals surface area contributed by atoms with Crippen molar-refractivity contribution in [2.45, 2.75) is 18.5 Å². The van der Waals surface area contributed by atoms with Crippen LogP contribution in [0.25, 0.3) is 11.0 Å². The van der Waals surface area contributed by atoms with Crippen molar-refractivity contribution in [3.05, 3.63) is 47.9 Å². The third kappa shape index (κ3) is 4.09. The summed E-state index contributed by atoms with van der Waals surface area (Å²) in [7, 11) is 0. The van der Waals surface area contributed by atoms with Crippen molar-refractivity contribution in [2.24, 2.45) is 0 Å². The molecule has 30 heavy (non-hydrogen) atoms. The van der Waals surface area contributed by atoms with Gasteiger partial charge in [-0.25, -0.2) is 18.7 Å². The molecule has 1 aromatic heterocycles. The molecule has 0 radical (unpaired) electrons. The highest BCUT2D eigenvalue weighted by Gasteiger charge is 2.32. The van der Waals surface area contributed by atoms with Gasteiger partial charge in [-0.05, 0) is 50.2 Å². The van der Waals surface area contributed by atoms with Crippen LogP contribution in [0.5, 0.6) is 17.4 Å². The molecule has 1 saturated heterocycles. The number of aromatic nitrogens is 2. The molecule has 0 atom stereocenters. The van der Waals surface area contributed by atoms with Crippen LogP contribution in [-0.2, 0) is 0 Å². The van der Waals surface area contributed by atoms with E-state index in [2.05, 4.69) is 15.3 Å². The van der Waals surface area contributed by atoms with Crippen LogP contribution >= 0.6 is 0 Å². The van der Waals surface area contributed by atoms with Crippen LogP contribution < -0.4 is 20.5 Å². The lowest BCUT2D eigenvalue weighted by Crippen LogP contribution is -2.42. The van der Waals surface area contributed by atoms with Gasteiger partial charge in [-0.2, -0.15) is 5.26 Å². The summed E-state index contributed by atoms with van der Waals surface area (Å²) in [5.74, 6) is -0.542. The number of piperidine rings is 1. The minimum Gasteiger partial charge on any atom is -0.473 e. The van der Waals surface area contributed by atoms with E-state index in [0.29, 0.717) is 37.0 Å². The van der Waals surface area contributed by atoms with Crippen molar-refractivity contribution in [1.82, 2.24) is 15.3 Å². The fourth-order valence-electron chi connectivity index (χ4n) is 3.24. The molecule has 3 N–H and O–H groups in total. The SMILES string of the molecule is N#Cc1c(N)ccc(F)c1Oc1ccc2ncc(OCC3(F)CCNCC3)nc2c1. The number of benzene rings is 2. The fraction of sp³-hybridized carbons (Fsp3) is 0.286. The largest absolute Gasteiger partial charge is 0.473 e. The van der Waals surface area contributed by atoms with Crippen LogP contribution in [0.2, 0.25) is 0 Å². The first-order valence-corrected chi connectivity index (χ1v) is 9.43. The van der Waals surface area contributed by atoms with E-state index >= 15 is 0 Å². The molecule has 3 aromatic rings. The number of nitrogens with two attached hydrogens (primary N) is 1. The molecule has 2 heterocycles. The first-order chi connectivity index (χ1) is 14.5. The summed E-state index contributed by atoms with van der Waals surface area (Å²) < 4.78 is 40.0. The summed E-state index contributed by atoms with van der Waals surface area (Å²) in [6.45, 7) is 1.11. The highest BCUT2D eigenvalue weighted by molar-refractivity contribution is 5.76. The first-order valence-electron chi connectivity index (χ1n) is 9.43. The van der Waals surface area contributed by atoms with Crippen molar-refractivity contribution in [3.63, 3.8) is 0 Å². The van der Waals surface area contributed by atoms with Crippen LogP contribution in [0, 0.1) is 17.1 Å². The normalized spacial score (nSPS) is 15.5. The van der Waals surface area contributed by atoms with E-state index in [0.717, 1.165) is 6.07 Å². The summed E-state index contributed by atoms with van der Waals surface area (Å²) in [4.78, 5) is 8.60. The lowest BCUT2D eigenvalue weighted by Gasteiger charge is -2.29. The molecule has 0 bridgehead atoms. The van der Waals surface area contributed by atoms with Gasteiger partial charge in [0.15, 0.2) is 11.6 Å². The smallest absolute Gasteiger partial charge is 0.233 e. The highest BCUT2D eigenvalue weighted by atomic mass is 19.1. The van der Waals surface area contributed by atoms with Gasteiger partial charge in [-0.1, -0.05) is 0 Å². The second kappa shape index (κ2) is 8.08. The fourth-order valence-corrected chi connectivity index (χ4v) is 3.24. The molecule has 2 aromatic carbocycles. The Morgan fingerprint density at radius 3 is 2.77 bits per heavy atom. The molecule has 0 aliphatic carbocycles. The molecule has 9 heteroatoms. The van der Waals surface area contributed by atoms with Gasteiger partial charge in [0.2, 0.25) is 5.88 Å². The van der Waals surface area contributed by atoms with Gasteiger partial charge in [-0.15, -0.1) is 0 Å². The third-order valence-electron chi connectivity index (χ3n) is 4.94. The Balaban J connectivity index is 1.57. The Hall–Kier alpha value is -3.51. The van der Waals surface area contributed by atoms with Gasteiger partial charge in [0.1, 0.15) is 29.7 Å². The molecule has 154 valence electrons. The topological polar surface area (TPSA) is 106 Å². The molecule has 0 saturated carbocycles. The number of hydrogen-bond acceptors (Lipinski definition) is 7. The zero-order chi connectivity index (χ0) is 21.1. The van der Waals surface area contributed by atoms with Crippen LogP contribution in [0.1, 0.15) is 18.4 Å². The Kier molecular flexibility index (Phi) is 5.33. The van der Waals surface area contributed by atoms with E-state index in [1.165, 1.54) is 18.3 Å². The molecule has 1 aliphatic rings. The maximum atomic E-state index is 14.7. The van der Waals surface area contributed by atoms with Gasteiger partial charge in [-0.3, -0.25) is 0 Å². The predicted molar refractivity (Wildman–Crippen MR) is 107 cm³/mol. The minimum absolute atomic E-state index is 0.0894. The number of halogens is 2. The Morgan fingerprint density at radius 2 is 2.00 bits per heavy atom. The molecule has 0 amide bonds. The quantitative estimate of drug-likeness (QED) is 0.619. The van der Waals surface area contributed by atoms with Crippen molar-refractivity contribution in [2.75, 3.05) is 25.4 Å². The van der Waals surface area contributed by atoms with E-state index in [1.54, 1.807) is 12.1 Å². The Bertz CT molecular complexity index is 1130. The number of ether oxygens (including phenoxy) is 2. The number of nitrogen functional groups attached to an aromatic ring is 1. The maximum absolute atomic E-state index is 14.7. The summed E-state index contributed by atoms with van der Waals surface area (Å²) in [5.41, 5.74) is 5.33. The minimum atomic E-state index is -1.40. The number of anilines is 1. The number of rotatable bonds is 5. The second-order valence-electron chi connectivity index (χ2n) is 7.10.